The first-order chi connectivity index (χ1) is 17.6. The van der Waals surface area contributed by atoms with Crippen molar-refractivity contribution >= 4 is 12.0 Å². The molecule has 1 aliphatic heterocycles. The first-order valence-electron chi connectivity index (χ1n) is 12.0. The van der Waals surface area contributed by atoms with Gasteiger partial charge in [-0.15, -0.1) is 0 Å². The minimum atomic E-state index is -0.283. The molecule has 0 atom stereocenters. The van der Waals surface area contributed by atoms with Crippen LogP contribution in [0.25, 0.3) is 23.0 Å². The van der Waals surface area contributed by atoms with Crippen LogP contribution < -0.4 is 5.32 Å². The second-order valence-corrected chi connectivity index (χ2v) is 8.91. The molecule has 5 rings (SSSR count). The second kappa shape index (κ2) is 10.7. The van der Waals surface area contributed by atoms with Crippen LogP contribution in [0.5, 0.6) is 0 Å². The highest BCUT2D eigenvalue weighted by Crippen LogP contribution is 2.34. The van der Waals surface area contributed by atoms with Crippen molar-refractivity contribution in [2.75, 3.05) is 19.8 Å². The van der Waals surface area contributed by atoms with Gasteiger partial charge in [-0.3, -0.25) is 9.78 Å². The van der Waals surface area contributed by atoms with E-state index in [1.165, 1.54) is 18.2 Å². The number of nitrogens with zero attached hydrogens (tertiary/aromatic N) is 3. The summed E-state index contributed by atoms with van der Waals surface area (Å²) in [6.07, 6.45) is 10.2. The van der Waals surface area contributed by atoms with E-state index < -0.39 is 0 Å². The summed E-state index contributed by atoms with van der Waals surface area (Å²) < 4.78 is 20.9. The first kappa shape index (κ1) is 23.6. The van der Waals surface area contributed by atoms with Crippen molar-refractivity contribution in [3.05, 3.63) is 108 Å². The monoisotopic (exact) mass is 482 g/mol. The number of hydrogen-bond acceptors (Lipinski definition) is 4. The minimum absolute atomic E-state index is 0.201. The smallest absolute Gasteiger partial charge is 0.244 e. The van der Waals surface area contributed by atoms with Crippen LogP contribution in [0.1, 0.15) is 24.0 Å². The largest absolute Gasteiger partial charge is 0.381 e. The van der Waals surface area contributed by atoms with Crippen molar-refractivity contribution in [3.8, 4) is 16.9 Å². The van der Waals surface area contributed by atoms with E-state index in [9.17, 15) is 9.18 Å². The van der Waals surface area contributed by atoms with E-state index in [0.717, 1.165) is 40.9 Å². The highest BCUT2D eigenvalue weighted by Gasteiger charge is 2.34. The molecule has 1 amide bonds. The highest BCUT2D eigenvalue weighted by atomic mass is 19.1. The van der Waals surface area contributed by atoms with Gasteiger partial charge in [0.2, 0.25) is 5.91 Å². The van der Waals surface area contributed by atoms with Gasteiger partial charge >= 0.3 is 0 Å². The third kappa shape index (κ3) is 5.26. The SMILES string of the molecule is O=C(C=Cc1cn(-c2ccccc2)nc1-c1cccnc1)NCC1(c2ccc(F)cc2)CCOCC1. The van der Waals surface area contributed by atoms with Crippen LogP contribution in [0.4, 0.5) is 4.39 Å². The van der Waals surface area contributed by atoms with Crippen LogP contribution in [0.15, 0.2) is 91.4 Å². The fourth-order valence-electron chi connectivity index (χ4n) is 4.56. The van der Waals surface area contributed by atoms with Crippen molar-refractivity contribution in [1.29, 1.82) is 0 Å². The van der Waals surface area contributed by atoms with Gasteiger partial charge in [0.1, 0.15) is 11.5 Å². The topological polar surface area (TPSA) is 69.0 Å². The lowest BCUT2D eigenvalue weighted by atomic mass is 9.74. The molecular weight excluding hydrogens is 455 g/mol. The molecule has 0 radical (unpaired) electrons. The van der Waals surface area contributed by atoms with E-state index in [4.69, 9.17) is 9.84 Å². The van der Waals surface area contributed by atoms with E-state index in [1.54, 1.807) is 35.3 Å². The van der Waals surface area contributed by atoms with E-state index in [2.05, 4.69) is 10.3 Å². The molecule has 7 heteroatoms. The summed E-state index contributed by atoms with van der Waals surface area (Å²) >= 11 is 0. The number of para-hydroxylation sites is 1. The Hall–Kier alpha value is -4.10. The lowest BCUT2D eigenvalue weighted by Crippen LogP contribution is -2.44. The number of halogens is 1. The Morgan fingerprint density at radius 1 is 1.06 bits per heavy atom. The second-order valence-electron chi connectivity index (χ2n) is 8.91. The molecule has 4 aromatic rings. The Kier molecular flexibility index (Phi) is 7.00. The third-order valence-electron chi connectivity index (χ3n) is 6.62. The molecule has 1 aliphatic rings. The normalized spacial score (nSPS) is 15.1. The minimum Gasteiger partial charge on any atom is -0.381 e. The summed E-state index contributed by atoms with van der Waals surface area (Å²) in [5, 5.41) is 7.81. The van der Waals surface area contributed by atoms with Crippen LogP contribution in [-0.4, -0.2) is 40.4 Å². The molecule has 6 nitrogen and oxygen atoms in total. The van der Waals surface area contributed by atoms with Gasteiger partial charge in [0.25, 0.3) is 0 Å². The summed E-state index contributed by atoms with van der Waals surface area (Å²) in [6, 6.07) is 20.2. The lowest BCUT2D eigenvalue weighted by Gasteiger charge is -2.37. The number of amides is 1. The zero-order valence-electron chi connectivity index (χ0n) is 19.8. The quantitative estimate of drug-likeness (QED) is 0.379. The van der Waals surface area contributed by atoms with Gasteiger partial charge in [0.05, 0.1) is 5.69 Å². The zero-order valence-corrected chi connectivity index (χ0v) is 19.8. The molecule has 3 heterocycles. The number of carbonyl (C=O) groups is 1. The fourth-order valence-corrected chi connectivity index (χ4v) is 4.56. The third-order valence-corrected chi connectivity index (χ3v) is 6.62. The molecule has 0 saturated carbocycles. The Labute approximate surface area is 209 Å². The highest BCUT2D eigenvalue weighted by molar-refractivity contribution is 5.92. The van der Waals surface area contributed by atoms with E-state index in [-0.39, 0.29) is 17.1 Å². The molecule has 36 heavy (non-hydrogen) atoms. The molecule has 1 saturated heterocycles. The number of aromatic nitrogens is 3. The van der Waals surface area contributed by atoms with Gasteiger partial charge in [0, 0.05) is 61.0 Å². The van der Waals surface area contributed by atoms with Crippen molar-refractivity contribution in [1.82, 2.24) is 20.1 Å². The molecule has 0 aliphatic carbocycles. The number of pyridine rings is 1. The molecule has 182 valence electrons. The maximum absolute atomic E-state index is 13.5. The number of rotatable bonds is 7. The van der Waals surface area contributed by atoms with Gasteiger partial charge in [-0.2, -0.15) is 5.10 Å². The van der Waals surface area contributed by atoms with Gasteiger partial charge in [-0.1, -0.05) is 30.3 Å². The molecule has 0 spiro atoms. The van der Waals surface area contributed by atoms with E-state index in [1.807, 2.05) is 48.7 Å². The Balaban J connectivity index is 1.36. The average Bonchev–Trinajstić information content (AvgIpc) is 3.37. The number of benzene rings is 2. The Morgan fingerprint density at radius 3 is 2.56 bits per heavy atom. The average molecular weight is 483 g/mol. The molecule has 1 fully saturated rings. The zero-order chi connectivity index (χ0) is 24.8. The van der Waals surface area contributed by atoms with E-state index in [0.29, 0.717) is 19.8 Å². The van der Waals surface area contributed by atoms with E-state index >= 15 is 0 Å². The van der Waals surface area contributed by atoms with Crippen molar-refractivity contribution < 1.29 is 13.9 Å². The standard InChI is InChI=1S/C29H27FN4O2/c30-25-11-9-24(10-12-25)29(14-17-36-18-15-29)21-32-27(35)13-8-23-20-34(26-6-2-1-3-7-26)33-28(23)22-5-4-16-31-19-22/h1-13,16,19-20H,14-15,17-18,21H2,(H,32,35). The molecule has 2 aromatic carbocycles. The van der Waals surface area contributed by atoms with Gasteiger partial charge < -0.3 is 10.1 Å². The van der Waals surface area contributed by atoms with Crippen LogP contribution in [0.3, 0.4) is 0 Å². The summed E-state index contributed by atoms with van der Waals surface area (Å²) in [7, 11) is 0. The summed E-state index contributed by atoms with van der Waals surface area (Å²) in [5.74, 6) is -0.471. The molecule has 0 bridgehead atoms. The predicted octanol–water partition coefficient (Wildman–Crippen LogP) is 4.95. The summed E-state index contributed by atoms with van der Waals surface area (Å²) in [4.78, 5) is 17.1. The molecule has 1 N–H and O–H groups in total. The Morgan fingerprint density at radius 2 is 1.83 bits per heavy atom. The van der Waals surface area contributed by atoms with Crippen molar-refractivity contribution in [3.63, 3.8) is 0 Å². The number of ether oxygens (including phenoxy) is 1. The van der Waals surface area contributed by atoms with Gasteiger partial charge in [-0.25, -0.2) is 9.07 Å². The van der Waals surface area contributed by atoms with Crippen LogP contribution >= 0.6 is 0 Å². The van der Waals surface area contributed by atoms with Gasteiger partial charge in [0.15, 0.2) is 0 Å². The molecular formula is C29H27FN4O2. The summed E-state index contributed by atoms with van der Waals surface area (Å²) in [5.41, 5.74) is 4.07. The fraction of sp³-hybridized carbons (Fsp3) is 0.207. The van der Waals surface area contributed by atoms with Crippen molar-refractivity contribution in [2.45, 2.75) is 18.3 Å². The number of nitrogens with one attached hydrogen (secondary N) is 1. The van der Waals surface area contributed by atoms with Crippen LogP contribution in [0, 0.1) is 5.82 Å². The van der Waals surface area contributed by atoms with Gasteiger partial charge in [-0.05, 0) is 60.9 Å². The maximum atomic E-state index is 13.5. The molecule has 0 unspecified atom stereocenters. The summed E-state index contributed by atoms with van der Waals surface area (Å²) in [6.45, 7) is 1.66. The van der Waals surface area contributed by atoms with Crippen LogP contribution in [0.2, 0.25) is 0 Å². The Bertz CT molecular complexity index is 1330. The number of hydrogen-bond donors (Lipinski definition) is 1. The number of carbonyl (C=O) groups excluding carboxylic acids is 1. The predicted molar refractivity (Wildman–Crippen MR) is 137 cm³/mol. The van der Waals surface area contributed by atoms with Crippen molar-refractivity contribution in [2.24, 2.45) is 0 Å². The lowest BCUT2D eigenvalue weighted by molar-refractivity contribution is -0.116. The maximum Gasteiger partial charge on any atom is 0.244 e. The molecule has 2 aromatic heterocycles. The first-order valence-corrected chi connectivity index (χ1v) is 12.0. The van der Waals surface area contributed by atoms with Crippen LogP contribution in [-0.2, 0) is 14.9 Å².